The Kier molecular flexibility index (Phi) is 3.28. The molecule has 0 bridgehead atoms. The van der Waals surface area contributed by atoms with Gasteiger partial charge in [-0.05, 0) is 37.4 Å². The molecule has 106 valence electrons. The molecule has 1 aliphatic heterocycles. The highest BCUT2D eigenvalue weighted by Crippen LogP contribution is 2.44. The van der Waals surface area contributed by atoms with E-state index >= 15 is 0 Å². The average Bonchev–Trinajstić information content (AvgIpc) is 3.03. The summed E-state index contributed by atoms with van der Waals surface area (Å²) in [6.07, 6.45) is 7.15. The van der Waals surface area contributed by atoms with E-state index in [4.69, 9.17) is 0 Å². The van der Waals surface area contributed by atoms with Crippen molar-refractivity contribution in [3.05, 3.63) is 48.7 Å². The van der Waals surface area contributed by atoms with E-state index in [2.05, 4.69) is 23.6 Å². The van der Waals surface area contributed by atoms with E-state index in [9.17, 15) is 4.79 Å². The molecule has 1 saturated heterocycles. The van der Waals surface area contributed by atoms with Gasteiger partial charge in [-0.3, -0.25) is 4.79 Å². The van der Waals surface area contributed by atoms with Crippen molar-refractivity contribution >= 4 is 5.91 Å². The van der Waals surface area contributed by atoms with Crippen LogP contribution in [-0.2, 0) is 11.2 Å². The molecule has 0 N–H and O–H groups in total. The average molecular weight is 270 g/mol. The lowest BCUT2D eigenvalue weighted by Crippen LogP contribution is -2.49. The topological polar surface area (TPSA) is 23.6 Å². The fraction of sp³-hybridized carbons (Fsp3) is 0.471. The number of likely N-dealkylation sites (N-methyl/N-ethyl adjacent to an activating group) is 1. The second kappa shape index (κ2) is 4.97. The van der Waals surface area contributed by atoms with Gasteiger partial charge < -0.3 is 9.80 Å². The molecule has 2 aliphatic rings. The van der Waals surface area contributed by atoms with Gasteiger partial charge in [0.25, 0.3) is 0 Å². The van der Waals surface area contributed by atoms with Crippen molar-refractivity contribution in [3.63, 3.8) is 0 Å². The van der Waals surface area contributed by atoms with E-state index in [1.807, 2.05) is 36.3 Å². The zero-order valence-corrected chi connectivity index (χ0v) is 12.1. The quantitative estimate of drug-likeness (QED) is 0.843. The molecule has 1 aromatic carbocycles. The Balaban J connectivity index is 1.90. The van der Waals surface area contributed by atoms with E-state index < -0.39 is 0 Å². The van der Waals surface area contributed by atoms with E-state index in [-0.39, 0.29) is 17.6 Å². The molecule has 0 unspecified atom stereocenters. The molecular formula is C17H22N2O. The Morgan fingerprint density at radius 2 is 1.95 bits per heavy atom. The molecule has 3 nitrogen and oxygen atoms in total. The molecule has 1 aliphatic carbocycles. The van der Waals surface area contributed by atoms with Crippen LogP contribution in [0.2, 0.25) is 0 Å². The Morgan fingerprint density at radius 3 is 2.55 bits per heavy atom. The minimum Gasteiger partial charge on any atom is -0.343 e. The van der Waals surface area contributed by atoms with Gasteiger partial charge in [-0.2, -0.15) is 0 Å². The van der Waals surface area contributed by atoms with Crippen molar-refractivity contribution in [2.75, 3.05) is 7.05 Å². The van der Waals surface area contributed by atoms with Crippen molar-refractivity contribution in [2.24, 2.45) is 0 Å². The van der Waals surface area contributed by atoms with E-state index in [1.165, 1.54) is 18.4 Å². The van der Waals surface area contributed by atoms with Gasteiger partial charge in [0.15, 0.2) is 0 Å². The fourth-order valence-electron chi connectivity index (χ4n) is 3.87. The maximum Gasteiger partial charge on any atom is 0.247 e. The molecule has 1 aromatic rings. The second-order valence-electron chi connectivity index (χ2n) is 5.88. The van der Waals surface area contributed by atoms with Crippen molar-refractivity contribution < 1.29 is 4.79 Å². The Hall–Kier alpha value is -1.77. The Labute approximate surface area is 120 Å². The first-order valence-electron chi connectivity index (χ1n) is 7.42. The molecule has 0 radical (unpaired) electrons. The largest absolute Gasteiger partial charge is 0.343 e. The minimum absolute atomic E-state index is 0.0991. The van der Waals surface area contributed by atoms with Crippen LogP contribution in [0, 0.1) is 0 Å². The summed E-state index contributed by atoms with van der Waals surface area (Å²) in [6, 6.07) is 10.2. The predicted molar refractivity (Wildman–Crippen MR) is 79.9 cm³/mol. The fourth-order valence-corrected chi connectivity index (χ4v) is 3.87. The van der Waals surface area contributed by atoms with E-state index in [0.29, 0.717) is 0 Å². The first kappa shape index (κ1) is 13.2. The third-order valence-electron chi connectivity index (χ3n) is 4.93. The number of rotatable bonds is 3. The third-order valence-corrected chi connectivity index (χ3v) is 4.93. The van der Waals surface area contributed by atoms with E-state index in [0.717, 1.165) is 19.3 Å². The summed E-state index contributed by atoms with van der Waals surface area (Å²) in [5.74, 6) is 0.232. The van der Waals surface area contributed by atoms with Crippen molar-refractivity contribution in [2.45, 2.75) is 43.8 Å². The first-order valence-corrected chi connectivity index (χ1v) is 7.42. The molecule has 3 heteroatoms. The number of hydrogen-bond acceptors (Lipinski definition) is 2. The molecular weight excluding hydrogens is 248 g/mol. The predicted octanol–water partition coefficient (Wildman–Crippen LogP) is 2.79. The molecule has 1 atom stereocenters. The summed E-state index contributed by atoms with van der Waals surface area (Å²) in [5.41, 5.74) is 1.10. The smallest absolute Gasteiger partial charge is 0.247 e. The van der Waals surface area contributed by atoms with Gasteiger partial charge in [0.05, 0.1) is 0 Å². The molecule has 3 rings (SSSR count). The Morgan fingerprint density at radius 1 is 1.30 bits per heavy atom. The number of nitrogens with zero attached hydrogens (tertiary/aromatic N) is 2. The van der Waals surface area contributed by atoms with Gasteiger partial charge in [0.2, 0.25) is 5.91 Å². The van der Waals surface area contributed by atoms with Gasteiger partial charge in [0, 0.05) is 13.5 Å². The minimum atomic E-state index is -0.113. The normalized spacial score (nSPS) is 24.6. The van der Waals surface area contributed by atoms with Crippen LogP contribution >= 0.6 is 0 Å². The van der Waals surface area contributed by atoms with Gasteiger partial charge in [-0.15, -0.1) is 0 Å². The van der Waals surface area contributed by atoms with Crippen LogP contribution in [0.3, 0.4) is 0 Å². The lowest BCUT2D eigenvalue weighted by Gasteiger charge is -2.39. The van der Waals surface area contributed by atoms with Crippen LogP contribution in [0.1, 0.15) is 31.2 Å². The molecule has 1 amide bonds. The Bertz CT molecular complexity index is 505. The van der Waals surface area contributed by atoms with Crippen molar-refractivity contribution in [1.29, 1.82) is 0 Å². The molecule has 0 aromatic heterocycles. The molecule has 1 saturated carbocycles. The lowest BCUT2D eigenvalue weighted by molar-refractivity contribution is -0.130. The third kappa shape index (κ3) is 1.84. The van der Waals surface area contributed by atoms with Crippen LogP contribution in [-0.4, -0.2) is 34.5 Å². The summed E-state index contributed by atoms with van der Waals surface area (Å²) in [7, 11) is 1.95. The van der Waals surface area contributed by atoms with Crippen LogP contribution in [0.15, 0.2) is 43.1 Å². The van der Waals surface area contributed by atoms with Crippen molar-refractivity contribution in [3.8, 4) is 0 Å². The van der Waals surface area contributed by atoms with E-state index in [1.54, 1.807) is 0 Å². The highest BCUT2D eigenvalue weighted by Gasteiger charge is 2.54. The van der Waals surface area contributed by atoms with Crippen LogP contribution < -0.4 is 0 Å². The zero-order chi connectivity index (χ0) is 14.2. The van der Waals surface area contributed by atoms with Crippen LogP contribution in [0.25, 0.3) is 0 Å². The van der Waals surface area contributed by atoms with Gasteiger partial charge in [0.1, 0.15) is 11.7 Å². The van der Waals surface area contributed by atoms with Gasteiger partial charge in [-0.25, -0.2) is 0 Å². The van der Waals surface area contributed by atoms with Gasteiger partial charge >= 0.3 is 0 Å². The number of hydrogen-bond donors (Lipinski definition) is 0. The number of carbonyl (C=O) groups is 1. The summed E-state index contributed by atoms with van der Waals surface area (Å²) < 4.78 is 0. The summed E-state index contributed by atoms with van der Waals surface area (Å²) in [5, 5.41) is 0. The first-order chi connectivity index (χ1) is 9.69. The SMILES string of the molecule is C=CN1[C@@H](Cc2ccccc2)C(=O)N(C)C12CCCC2. The zero-order valence-electron chi connectivity index (χ0n) is 12.1. The lowest BCUT2D eigenvalue weighted by atomic mass is 10.0. The highest BCUT2D eigenvalue weighted by atomic mass is 16.2. The van der Waals surface area contributed by atoms with Crippen LogP contribution in [0.4, 0.5) is 0 Å². The standard InChI is InChI=1S/C17H22N2O/c1-3-19-15(13-14-9-5-4-6-10-14)16(20)18(2)17(19)11-7-8-12-17/h3-6,9-10,15H,1,7-8,11-13H2,2H3/t15-/m0/s1. The number of carbonyl (C=O) groups excluding carboxylic acids is 1. The summed E-state index contributed by atoms with van der Waals surface area (Å²) in [6.45, 7) is 3.97. The van der Waals surface area contributed by atoms with Crippen molar-refractivity contribution in [1.82, 2.24) is 9.80 Å². The highest BCUT2D eigenvalue weighted by molar-refractivity contribution is 5.85. The van der Waals surface area contributed by atoms with Gasteiger partial charge in [-0.1, -0.05) is 36.9 Å². The van der Waals surface area contributed by atoms with Crippen LogP contribution in [0.5, 0.6) is 0 Å². The molecule has 1 heterocycles. The molecule has 20 heavy (non-hydrogen) atoms. The number of benzene rings is 1. The summed E-state index contributed by atoms with van der Waals surface area (Å²) >= 11 is 0. The molecule has 1 spiro atoms. The number of amides is 1. The molecule has 2 fully saturated rings. The second-order valence-corrected chi connectivity index (χ2v) is 5.88. The monoisotopic (exact) mass is 270 g/mol. The summed E-state index contributed by atoms with van der Waals surface area (Å²) in [4.78, 5) is 16.9. The maximum absolute atomic E-state index is 12.7. The maximum atomic E-state index is 12.7.